The number of hydrogen-bond donors (Lipinski definition) is 1. The minimum Gasteiger partial charge on any atom is -0.381 e. The van der Waals surface area contributed by atoms with Gasteiger partial charge in [-0.15, -0.1) is 0 Å². The Kier molecular flexibility index (Phi) is 5.31. The van der Waals surface area contributed by atoms with Crippen molar-refractivity contribution in [1.82, 2.24) is 15.1 Å². The van der Waals surface area contributed by atoms with E-state index in [0.29, 0.717) is 12.1 Å². The molecule has 1 aromatic heterocycles. The number of rotatable bonds is 6. The van der Waals surface area contributed by atoms with Crippen LogP contribution < -0.4 is 5.32 Å². The molecule has 0 aromatic carbocycles. The summed E-state index contributed by atoms with van der Waals surface area (Å²) >= 11 is 0. The maximum Gasteiger partial charge on any atom is 0.0762 e. The molecule has 0 spiro atoms. The van der Waals surface area contributed by atoms with Crippen LogP contribution >= 0.6 is 0 Å². The van der Waals surface area contributed by atoms with Gasteiger partial charge in [-0.2, -0.15) is 5.10 Å². The largest absolute Gasteiger partial charge is 0.381 e. The average Bonchev–Trinajstić information content (AvgIpc) is 3.17. The Hall–Kier alpha value is -0.870. The molecule has 1 saturated carbocycles. The Labute approximate surface area is 128 Å². The van der Waals surface area contributed by atoms with E-state index in [-0.39, 0.29) is 0 Å². The highest BCUT2D eigenvalue weighted by atomic mass is 16.5. The topological polar surface area (TPSA) is 39.1 Å². The predicted molar refractivity (Wildman–Crippen MR) is 84.2 cm³/mol. The molecule has 0 amide bonds. The normalized spacial score (nSPS) is 22.7. The molecule has 21 heavy (non-hydrogen) atoms. The molecule has 1 aliphatic heterocycles. The fourth-order valence-corrected chi connectivity index (χ4v) is 3.69. The Morgan fingerprint density at radius 3 is 2.81 bits per heavy atom. The van der Waals surface area contributed by atoms with Crippen molar-refractivity contribution >= 4 is 0 Å². The Morgan fingerprint density at radius 2 is 2.05 bits per heavy atom. The maximum absolute atomic E-state index is 5.43. The molecular weight excluding hydrogens is 262 g/mol. The second-order valence-electron chi connectivity index (χ2n) is 6.80. The van der Waals surface area contributed by atoms with Crippen LogP contribution in [0.2, 0.25) is 0 Å². The Bertz CT molecular complexity index is 419. The highest BCUT2D eigenvalue weighted by Crippen LogP contribution is 2.28. The zero-order valence-electron chi connectivity index (χ0n) is 13.3. The number of nitrogens with zero attached hydrogens (tertiary/aromatic N) is 2. The second-order valence-corrected chi connectivity index (χ2v) is 6.80. The first-order valence-corrected chi connectivity index (χ1v) is 8.66. The van der Waals surface area contributed by atoms with Gasteiger partial charge in [-0.1, -0.05) is 12.8 Å². The molecular formula is C17H29N3O. The van der Waals surface area contributed by atoms with Crippen molar-refractivity contribution in [1.29, 1.82) is 0 Å². The van der Waals surface area contributed by atoms with Crippen molar-refractivity contribution in [2.75, 3.05) is 13.2 Å². The molecule has 0 radical (unpaired) electrons. The van der Waals surface area contributed by atoms with Gasteiger partial charge in [0, 0.05) is 32.0 Å². The van der Waals surface area contributed by atoms with E-state index in [0.717, 1.165) is 25.7 Å². The van der Waals surface area contributed by atoms with E-state index >= 15 is 0 Å². The van der Waals surface area contributed by atoms with Gasteiger partial charge in [-0.3, -0.25) is 4.68 Å². The summed E-state index contributed by atoms with van der Waals surface area (Å²) in [7, 11) is 0. The van der Waals surface area contributed by atoms with Crippen molar-refractivity contribution in [3.63, 3.8) is 0 Å². The van der Waals surface area contributed by atoms with Gasteiger partial charge in [0.2, 0.25) is 0 Å². The SMILES string of the molecule is C[C@@H](CC1CCOCC1)NCc1ccn(C2CCCC2)n1. The number of hydrogen-bond acceptors (Lipinski definition) is 3. The van der Waals surface area contributed by atoms with Crippen molar-refractivity contribution < 1.29 is 4.74 Å². The second kappa shape index (κ2) is 7.41. The summed E-state index contributed by atoms with van der Waals surface area (Å²) in [5.41, 5.74) is 1.18. The van der Waals surface area contributed by atoms with Crippen LogP contribution in [0.15, 0.2) is 12.3 Å². The predicted octanol–water partition coefficient (Wildman–Crippen LogP) is 3.29. The van der Waals surface area contributed by atoms with Gasteiger partial charge in [0.15, 0.2) is 0 Å². The lowest BCUT2D eigenvalue weighted by Gasteiger charge is -2.25. The molecule has 3 rings (SSSR count). The summed E-state index contributed by atoms with van der Waals surface area (Å²) in [6, 6.07) is 3.38. The van der Waals surface area contributed by atoms with Crippen LogP contribution in [-0.2, 0) is 11.3 Å². The standard InChI is InChI=1S/C17H29N3O/c1-14(12-15-7-10-21-11-8-15)18-13-16-6-9-20(19-16)17-4-2-3-5-17/h6,9,14-15,17-18H,2-5,7-8,10-13H2,1H3/t14-/m0/s1. The van der Waals surface area contributed by atoms with E-state index in [2.05, 4.69) is 29.2 Å². The van der Waals surface area contributed by atoms with Gasteiger partial charge in [0.25, 0.3) is 0 Å². The van der Waals surface area contributed by atoms with Crippen LogP contribution in [0.25, 0.3) is 0 Å². The monoisotopic (exact) mass is 291 g/mol. The minimum absolute atomic E-state index is 0.560. The third-order valence-corrected chi connectivity index (χ3v) is 5.02. The number of aromatic nitrogens is 2. The highest BCUT2D eigenvalue weighted by Gasteiger charge is 2.18. The number of ether oxygens (including phenoxy) is 1. The van der Waals surface area contributed by atoms with Crippen molar-refractivity contribution in [2.45, 2.75) is 70.5 Å². The average molecular weight is 291 g/mol. The first-order valence-electron chi connectivity index (χ1n) is 8.66. The summed E-state index contributed by atoms with van der Waals surface area (Å²) < 4.78 is 7.62. The first kappa shape index (κ1) is 15.0. The quantitative estimate of drug-likeness (QED) is 0.874. The molecule has 2 aliphatic rings. The third kappa shape index (κ3) is 4.30. The summed E-state index contributed by atoms with van der Waals surface area (Å²) in [6.45, 7) is 5.08. The van der Waals surface area contributed by atoms with Gasteiger partial charge in [-0.05, 0) is 51.0 Å². The van der Waals surface area contributed by atoms with Crippen molar-refractivity contribution in [2.24, 2.45) is 5.92 Å². The molecule has 1 atom stereocenters. The van der Waals surface area contributed by atoms with E-state index in [1.165, 1.54) is 50.6 Å². The fourth-order valence-electron chi connectivity index (χ4n) is 3.69. The molecule has 2 heterocycles. The Balaban J connectivity index is 1.41. The van der Waals surface area contributed by atoms with Crippen LogP contribution in [0.1, 0.15) is 63.6 Å². The maximum atomic E-state index is 5.43. The van der Waals surface area contributed by atoms with Crippen molar-refractivity contribution in [3.8, 4) is 0 Å². The van der Waals surface area contributed by atoms with Crippen LogP contribution in [0.4, 0.5) is 0 Å². The molecule has 0 bridgehead atoms. The Morgan fingerprint density at radius 1 is 1.29 bits per heavy atom. The minimum atomic E-state index is 0.560. The van der Waals surface area contributed by atoms with Crippen LogP contribution in [-0.4, -0.2) is 29.0 Å². The summed E-state index contributed by atoms with van der Waals surface area (Å²) in [6.07, 6.45) is 11.2. The molecule has 2 fully saturated rings. The fraction of sp³-hybridized carbons (Fsp3) is 0.824. The third-order valence-electron chi connectivity index (χ3n) is 5.02. The van der Waals surface area contributed by atoms with Crippen LogP contribution in [0.3, 0.4) is 0 Å². The lowest BCUT2D eigenvalue weighted by Crippen LogP contribution is -2.30. The molecule has 4 nitrogen and oxygen atoms in total. The molecule has 1 aliphatic carbocycles. The lowest BCUT2D eigenvalue weighted by atomic mass is 9.93. The smallest absolute Gasteiger partial charge is 0.0762 e. The molecule has 1 saturated heterocycles. The summed E-state index contributed by atoms with van der Waals surface area (Å²) in [5, 5.41) is 8.38. The molecule has 1 aromatic rings. The van der Waals surface area contributed by atoms with Gasteiger partial charge >= 0.3 is 0 Å². The zero-order valence-corrected chi connectivity index (χ0v) is 13.3. The lowest BCUT2D eigenvalue weighted by molar-refractivity contribution is 0.0611. The van der Waals surface area contributed by atoms with Crippen LogP contribution in [0.5, 0.6) is 0 Å². The van der Waals surface area contributed by atoms with E-state index in [9.17, 15) is 0 Å². The van der Waals surface area contributed by atoms with E-state index in [1.807, 2.05) is 0 Å². The van der Waals surface area contributed by atoms with E-state index < -0.39 is 0 Å². The summed E-state index contributed by atoms with van der Waals surface area (Å²) in [4.78, 5) is 0. The molecule has 0 unspecified atom stereocenters. The molecule has 1 N–H and O–H groups in total. The van der Waals surface area contributed by atoms with Gasteiger partial charge in [-0.25, -0.2) is 0 Å². The van der Waals surface area contributed by atoms with Gasteiger partial charge in [0.05, 0.1) is 11.7 Å². The molecule has 118 valence electrons. The van der Waals surface area contributed by atoms with Gasteiger partial charge in [0.1, 0.15) is 0 Å². The van der Waals surface area contributed by atoms with Crippen LogP contribution in [0, 0.1) is 5.92 Å². The summed E-state index contributed by atoms with van der Waals surface area (Å²) in [5.74, 6) is 0.831. The van der Waals surface area contributed by atoms with Gasteiger partial charge < -0.3 is 10.1 Å². The van der Waals surface area contributed by atoms with Crippen molar-refractivity contribution in [3.05, 3.63) is 18.0 Å². The molecule has 4 heteroatoms. The van der Waals surface area contributed by atoms with E-state index in [1.54, 1.807) is 0 Å². The highest BCUT2D eigenvalue weighted by molar-refractivity contribution is 5.00. The number of nitrogens with one attached hydrogen (secondary N) is 1. The van der Waals surface area contributed by atoms with E-state index in [4.69, 9.17) is 9.84 Å². The zero-order chi connectivity index (χ0) is 14.5. The first-order chi connectivity index (χ1) is 10.3.